The SMILES string of the molecule is CCCn1cc(S(=O)(=O)N[C@@H]2CC=CC[C@H]2C(N)=O)cn1. The zero-order chi connectivity index (χ0) is 15.5. The van der Waals surface area contributed by atoms with E-state index in [1.807, 2.05) is 19.1 Å². The van der Waals surface area contributed by atoms with Crippen LogP contribution in [0.3, 0.4) is 0 Å². The number of hydrogen-bond donors (Lipinski definition) is 2. The van der Waals surface area contributed by atoms with E-state index in [-0.39, 0.29) is 4.90 Å². The van der Waals surface area contributed by atoms with Gasteiger partial charge < -0.3 is 5.73 Å². The van der Waals surface area contributed by atoms with Crippen LogP contribution in [0.2, 0.25) is 0 Å². The first-order valence-corrected chi connectivity index (χ1v) is 8.41. The van der Waals surface area contributed by atoms with E-state index < -0.39 is 27.9 Å². The summed E-state index contributed by atoms with van der Waals surface area (Å²) in [5.74, 6) is -1.01. The van der Waals surface area contributed by atoms with Gasteiger partial charge in [-0.2, -0.15) is 5.10 Å². The number of allylic oxidation sites excluding steroid dienone is 1. The molecule has 0 radical (unpaired) electrons. The molecule has 0 aliphatic heterocycles. The largest absolute Gasteiger partial charge is 0.369 e. The van der Waals surface area contributed by atoms with Gasteiger partial charge in [0.2, 0.25) is 15.9 Å². The van der Waals surface area contributed by atoms with Gasteiger partial charge in [0.1, 0.15) is 4.90 Å². The Labute approximate surface area is 124 Å². The molecule has 7 nitrogen and oxygen atoms in total. The first-order chi connectivity index (χ1) is 9.94. The highest BCUT2D eigenvalue weighted by atomic mass is 32.2. The number of nitrogens with one attached hydrogen (secondary N) is 1. The van der Waals surface area contributed by atoms with Crippen molar-refractivity contribution in [2.24, 2.45) is 11.7 Å². The molecule has 0 spiro atoms. The Kier molecular flexibility index (Phi) is 4.79. The van der Waals surface area contributed by atoms with Crippen molar-refractivity contribution < 1.29 is 13.2 Å². The summed E-state index contributed by atoms with van der Waals surface area (Å²) in [6.45, 7) is 2.64. The predicted octanol–water partition coefficient (Wildman–Crippen LogP) is 0.392. The van der Waals surface area contributed by atoms with Gasteiger partial charge in [0.05, 0.1) is 12.1 Å². The standard InChI is InChI=1S/C13H20N4O3S/c1-2-7-17-9-10(8-15-17)21(19,20)16-12-6-4-3-5-11(12)13(14)18/h3-4,8-9,11-12,16H,2,5-7H2,1H3,(H2,14,18)/t11-,12-/m1/s1. The van der Waals surface area contributed by atoms with Crippen LogP contribution in [0.5, 0.6) is 0 Å². The fraction of sp³-hybridized carbons (Fsp3) is 0.538. The van der Waals surface area contributed by atoms with E-state index in [4.69, 9.17) is 5.73 Å². The van der Waals surface area contributed by atoms with Gasteiger partial charge >= 0.3 is 0 Å². The molecule has 0 aromatic carbocycles. The Balaban J connectivity index is 2.15. The number of carbonyl (C=O) groups excluding carboxylic acids is 1. The van der Waals surface area contributed by atoms with E-state index in [1.165, 1.54) is 12.4 Å². The summed E-state index contributed by atoms with van der Waals surface area (Å²) >= 11 is 0. The highest BCUT2D eigenvalue weighted by molar-refractivity contribution is 7.89. The van der Waals surface area contributed by atoms with Crippen LogP contribution >= 0.6 is 0 Å². The van der Waals surface area contributed by atoms with Gasteiger partial charge in [0, 0.05) is 18.8 Å². The Morgan fingerprint density at radius 1 is 1.48 bits per heavy atom. The molecule has 1 aromatic heterocycles. The van der Waals surface area contributed by atoms with Crippen molar-refractivity contribution in [2.45, 2.75) is 43.7 Å². The van der Waals surface area contributed by atoms with Crippen LogP contribution in [0, 0.1) is 5.92 Å². The molecule has 1 heterocycles. The lowest BCUT2D eigenvalue weighted by atomic mass is 9.89. The fourth-order valence-corrected chi connectivity index (χ4v) is 3.60. The maximum atomic E-state index is 12.3. The second-order valence-electron chi connectivity index (χ2n) is 5.12. The van der Waals surface area contributed by atoms with Gasteiger partial charge in [0.25, 0.3) is 0 Å². The van der Waals surface area contributed by atoms with Crippen molar-refractivity contribution >= 4 is 15.9 Å². The van der Waals surface area contributed by atoms with Crippen LogP contribution < -0.4 is 10.5 Å². The van der Waals surface area contributed by atoms with Gasteiger partial charge in [-0.1, -0.05) is 19.1 Å². The van der Waals surface area contributed by atoms with E-state index in [0.29, 0.717) is 19.4 Å². The second-order valence-corrected chi connectivity index (χ2v) is 6.83. The number of nitrogens with zero attached hydrogens (tertiary/aromatic N) is 2. The summed E-state index contributed by atoms with van der Waals surface area (Å²) in [4.78, 5) is 11.5. The minimum atomic E-state index is -3.70. The molecular formula is C13H20N4O3S. The predicted molar refractivity (Wildman–Crippen MR) is 77.7 cm³/mol. The minimum absolute atomic E-state index is 0.105. The number of aryl methyl sites for hydroxylation is 1. The summed E-state index contributed by atoms with van der Waals surface area (Å²) in [5, 5.41) is 4.01. The Bertz CT molecular complexity index is 636. The van der Waals surface area contributed by atoms with Crippen molar-refractivity contribution in [1.29, 1.82) is 0 Å². The molecule has 0 saturated carbocycles. The van der Waals surface area contributed by atoms with Gasteiger partial charge in [-0.25, -0.2) is 13.1 Å². The van der Waals surface area contributed by atoms with Crippen LogP contribution in [0.15, 0.2) is 29.4 Å². The first-order valence-electron chi connectivity index (χ1n) is 6.93. The van der Waals surface area contributed by atoms with E-state index in [1.54, 1.807) is 4.68 Å². The number of sulfonamides is 1. The lowest BCUT2D eigenvalue weighted by Gasteiger charge is -2.26. The number of nitrogens with two attached hydrogens (primary N) is 1. The number of aromatic nitrogens is 2. The van der Waals surface area contributed by atoms with Crippen LogP contribution in [-0.2, 0) is 21.4 Å². The number of hydrogen-bond acceptors (Lipinski definition) is 4. The summed E-state index contributed by atoms with van der Waals surface area (Å²) in [7, 11) is -3.70. The number of primary amides is 1. The van der Waals surface area contributed by atoms with Gasteiger partial charge in [0.15, 0.2) is 0 Å². The number of rotatable bonds is 6. The minimum Gasteiger partial charge on any atom is -0.369 e. The highest BCUT2D eigenvalue weighted by Crippen LogP contribution is 2.21. The molecule has 0 saturated heterocycles. The van der Waals surface area contributed by atoms with Gasteiger partial charge in [-0.15, -0.1) is 0 Å². The Morgan fingerprint density at radius 3 is 2.86 bits per heavy atom. The molecule has 1 aromatic rings. The smallest absolute Gasteiger partial charge is 0.243 e. The fourth-order valence-electron chi connectivity index (χ4n) is 2.36. The molecule has 8 heteroatoms. The normalized spacial score (nSPS) is 22.3. The molecule has 2 rings (SSSR count). The van der Waals surface area contributed by atoms with Crippen molar-refractivity contribution in [3.63, 3.8) is 0 Å². The lowest BCUT2D eigenvalue weighted by Crippen LogP contribution is -2.45. The molecule has 1 aliphatic rings. The third kappa shape index (κ3) is 3.70. The molecule has 0 fully saturated rings. The average Bonchev–Trinajstić information content (AvgIpc) is 2.88. The molecule has 3 N–H and O–H groups in total. The molecule has 21 heavy (non-hydrogen) atoms. The number of carbonyl (C=O) groups is 1. The Morgan fingerprint density at radius 2 is 2.19 bits per heavy atom. The van der Waals surface area contributed by atoms with Crippen LogP contribution in [-0.4, -0.2) is 30.1 Å². The summed E-state index contributed by atoms with van der Waals surface area (Å²) in [5.41, 5.74) is 5.33. The monoisotopic (exact) mass is 312 g/mol. The summed E-state index contributed by atoms with van der Waals surface area (Å²) in [6, 6.07) is -0.507. The van der Waals surface area contributed by atoms with Crippen molar-refractivity contribution in [3.05, 3.63) is 24.5 Å². The highest BCUT2D eigenvalue weighted by Gasteiger charge is 2.31. The lowest BCUT2D eigenvalue weighted by molar-refractivity contribution is -0.122. The average molecular weight is 312 g/mol. The van der Waals surface area contributed by atoms with E-state index >= 15 is 0 Å². The molecule has 1 amide bonds. The molecule has 2 atom stereocenters. The summed E-state index contributed by atoms with van der Waals surface area (Å²) in [6.07, 6.45) is 8.28. The zero-order valence-corrected chi connectivity index (χ0v) is 12.7. The van der Waals surface area contributed by atoms with E-state index in [9.17, 15) is 13.2 Å². The maximum Gasteiger partial charge on any atom is 0.243 e. The topological polar surface area (TPSA) is 107 Å². The van der Waals surface area contributed by atoms with Crippen molar-refractivity contribution in [3.8, 4) is 0 Å². The van der Waals surface area contributed by atoms with Crippen LogP contribution in [0.25, 0.3) is 0 Å². The van der Waals surface area contributed by atoms with Gasteiger partial charge in [-0.3, -0.25) is 9.48 Å². The molecular weight excluding hydrogens is 292 g/mol. The zero-order valence-electron chi connectivity index (χ0n) is 11.9. The molecule has 116 valence electrons. The van der Waals surface area contributed by atoms with Crippen molar-refractivity contribution in [1.82, 2.24) is 14.5 Å². The third-order valence-corrected chi connectivity index (χ3v) is 4.92. The van der Waals surface area contributed by atoms with Crippen LogP contribution in [0.4, 0.5) is 0 Å². The molecule has 0 unspecified atom stereocenters. The molecule has 0 bridgehead atoms. The maximum absolute atomic E-state index is 12.3. The third-order valence-electron chi connectivity index (χ3n) is 3.48. The van der Waals surface area contributed by atoms with Crippen LogP contribution in [0.1, 0.15) is 26.2 Å². The quantitative estimate of drug-likeness (QED) is 0.741. The number of amides is 1. The van der Waals surface area contributed by atoms with E-state index in [2.05, 4.69) is 9.82 Å². The summed E-state index contributed by atoms with van der Waals surface area (Å²) < 4.78 is 28.8. The Hall–Kier alpha value is -1.67. The van der Waals surface area contributed by atoms with E-state index in [0.717, 1.165) is 6.42 Å². The second kappa shape index (κ2) is 6.40. The first kappa shape index (κ1) is 15.7. The van der Waals surface area contributed by atoms with Crippen molar-refractivity contribution in [2.75, 3.05) is 0 Å². The van der Waals surface area contributed by atoms with Gasteiger partial charge in [-0.05, 0) is 19.3 Å². The molecule has 1 aliphatic carbocycles.